The number of benzene rings is 3. The van der Waals surface area contributed by atoms with E-state index in [1.54, 1.807) is 48.5 Å². The highest BCUT2D eigenvalue weighted by Gasteiger charge is 2.32. The molecule has 0 heterocycles. The summed E-state index contributed by atoms with van der Waals surface area (Å²) >= 11 is 6.32. The number of rotatable bonds is 6. The molecule has 190 valence electrons. The third-order valence-corrected chi connectivity index (χ3v) is 6.28. The van der Waals surface area contributed by atoms with Crippen LogP contribution in [0.25, 0.3) is 0 Å². The van der Waals surface area contributed by atoms with Crippen LogP contribution >= 0.6 is 11.6 Å². The standard InChI is InChI=1S/C29H32ClNO5/c1-28(2,3)23-14-19(15-24(26(23)32)29(4,5)6)22(17-31(34)35)21-16-20(30)12-13-25(21)36-27(33)18-10-8-7-9-11-18/h7-16,22,32H,17H2,1-6H3/t22-/m0/s1. The van der Waals surface area contributed by atoms with E-state index in [9.17, 15) is 20.0 Å². The molecule has 0 unspecified atom stereocenters. The van der Waals surface area contributed by atoms with Gasteiger partial charge in [0.25, 0.3) is 0 Å². The molecule has 1 N–H and O–H groups in total. The summed E-state index contributed by atoms with van der Waals surface area (Å²) in [5.74, 6) is -0.973. The summed E-state index contributed by atoms with van der Waals surface area (Å²) < 4.78 is 5.72. The molecule has 0 saturated heterocycles. The number of nitrogens with zero attached hydrogens (tertiary/aromatic N) is 1. The summed E-state index contributed by atoms with van der Waals surface area (Å²) in [7, 11) is 0. The van der Waals surface area contributed by atoms with Crippen LogP contribution in [0.15, 0.2) is 60.7 Å². The van der Waals surface area contributed by atoms with Gasteiger partial charge in [-0.1, -0.05) is 83.5 Å². The van der Waals surface area contributed by atoms with Crippen LogP contribution in [0.1, 0.15) is 80.1 Å². The van der Waals surface area contributed by atoms with Crippen molar-refractivity contribution in [3.8, 4) is 11.5 Å². The van der Waals surface area contributed by atoms with Crippen LogP contribution in [0.2, 0.25) is 5.02 Å². The van der Waals surface area contributed by atoms with Gasteiger partial charge in [0.1, 0.15) is 11.5 Å². The number of hydrogen-bond acceptors (Lipinski definition) is 5. The van der Waals surface area contributed by atoms with Crippen molar-refractivity contribution in [1.29, 1.82) is 0 Å². The summed E-state index contributed by atoms with van der Waals surface area (Å²) in [5.41, 5.74) is 1.95. The summed E-state index contributed by atoms with van der Waals surface area (Å²) in [6.45, 7) is 11.4. The lowest BCUT2D eigenvalue weighted by Gasteiger charge is -2.29. The van der Waals surface area contributed by atoms with Crippen LogP contribution in [0.3, 0.4) is 0 Å². The zero-order chi connectivity index (χ0) is 26.8. The Hall–Kier alpha value is -3.38. The van der Waals surface area contributed by atoms with Gasteiger partial charge in [-0.3, -0.25) is 10.1 Å². The molecule has 0 radical (unpaired) electrons. The van der Waals surface area contributed by atoms with E-state index in [0.717, 1.165) is 0 Å². The topological polar surface area (TPSA) is 89.7 Å². The fraction of sp³-hybridized carbons (Fsp3) is 0.345. The van der Waals surface area contributed by atoms with Crippen molar-refractivity contribution >= 4 is 17.6 Å². The third kappa shape index (κ3) is 6.24. The lowest BCUT2D eigenvalue weighted by Crippen LogP contribution is -2.21. The first-order chi connectivity index (χ1) is 16.7. The minimum Gasteiger partial charge on any atom is -0.507 e. The second-order valence-corrected chi connectivity index (χ2v) is 11.4. The van der Waals surface area contributed by atoms with Gasteiger partial charge in [0.15, 0.2) is 0 Å². The van der Waals surface area contributed by atoms with Crippen molar-refractivity contribution < 1.29 is 19.6 Å². The lowest BCUT2D eigenvalue weighted by molar-refractivity contribution is -0.481. The van der Waals surface area contributed by atoms with Crippen LogP contribution in [0.4, 0.5) is 0 Å². The van der Waals surface area contributed by atoms with E-state index in [0.29, 0.717) is 32.8 Å². The molecule has 0 amide bonds. The van der Waals surface area contributed by atoms with Gasteiger partial charge in [-0.2, -0.15) is 0 Å². The molecule has 36 heavy (non-hydrogen) atoms. The fourth-order valence-electron chi connectivity index (χ4n) is 4.15. The Morgan fingerprint density at radius 3 is 2.03 bits per heavy atom. The first-order valence-electron chi connectivity index (χ1n) is 11.7. The summed E-state index contributed by atoms with van der Waals surface area (Å²) in [4.78, 5) is 24.3. The number of halogens is 1. The van der Waals surface area contributed by atoms with Gasteiger partial charge in [0.2, 0.25) is 6.54 Å². The summed E-state index contributed by atoms with van der Waals surface area (Å²) in [6, 6.07) is 16.9. The molecule has 0 saturated carbocycles. The Morgan fingerprint density at radius 2 is 1.53 bits per heavy atom. The van der Waals surface area contributed by atoms with Crippen molar-refractivity contribution in [2.24, 2.45) is 0 Å². The number of nitro groups is 1. The predicted octanol–water partition coefficient (Wildman–Crippen LogP) is 7.27. The van der Waals surface area contributed by atoms with E-state index >= 15 is 0 Å². The molecule has 0 fully saturated rings. The van der Waals surface area contributed by atoms with E-state index in [1.165, 1.54) is 0 Å². The van der Waals surface area contributed by atoms with Gasteiger partial charge in [0.05, 0.1) is 11.5 Å². The minimum atomic E-state index is -0.778. The van der Waals surface area contributed by atoms with E-state index in [4.69, 9.17) is 16.3 Å². The van der Waals surface area contributed by atoms with Crippen LogP contribution in [0.5, 0.6) is 11.5 Å². The largest absolute Gasteiger partial charge is 0.507 e. The average molecular weight is 510 g/mol. The van der Waals surface area contributed by atoms with Crippen molar-refractivity contribution in [3.05, 3.63) is 104 Å². The number of carbonyl (C=O) groups excluding carboxylic acids is 1. The van der Waals surface area contributed by atoms with Gasteiger partial charge in [-0.25, -0.2) is 4.79 Å². The van der Waals surface area contributed by atoms with Crippen LogP contribution in [-0.2, 0) is 10.8 Å². The molecule has 0 aromatic heterocycles. The summed E-state index contributed by atoms with van der Waals surface area (Å²) in [6.07, 6.45) is 0. The molecule has 7 heteroatoms. The highest BCUT2D eigenvalue weighted by atomic mass is 35.5. The average Bonchev–Trinajstić information content (AvgIpc) is 2.78. The minimum absolute atomic E-state index is 0.181. The molecule has 0 aliphatic heterocycles. The molecule has 3 rings (SSSR count). The normalized spacial score (nSPS) is 12.8. The fourth-order valence-corrected chi connectivity index (χ4v) is 4.33. The van der Waals surface area contributed by atoms with Crippen molar-refractivity contribution in [2.75, 3.05) is 6.54 Å². The predicted molar refractivity (Wildman–Crippen MR) is 142 cm³/mol. The number of ether oxygens (including phenoxy) is 1. The van der Waals surface area contributed by atoms with E-state index in [1.807, 2.05) is 53.7 Å². The van der Waals surface area contributed by atoms with E-state index < -0.39 is 34.2 Å². The number of carbonyl (C=O) groups is 1. The monoisotopic (exact) mass is 509 g/mol. The van der Waals surface area contributed by atoms with Gasteiger partial charge in [0, 0.05) is 15.5 Å². The number of esters is 1. The maximum absolute atomic E-state index is 12.8. The second kappa shape index (κ2) is 10.3. The molecule has 3 aromatic rings. The molecule has 6 nitrogen and oxygen atoms in total. The van der Waals surface area contributed by atoms with E-state index in [2.05, 4.69) is 0 Å². The van der Waals surface area contributed by atoms with Crippen LogP contribution in [-0.4, -0.2) is 22.5 Å². The van der Waals surface area contributed by atoms with Gasteiger partial charge in [-0.05, 0) is 57.9 Å². The Morgan fingerprint density at radius 1 is 0.972 bits per heavy atom. The quantitative estimate of drug-likeness (QED) is 0.163. The highest BCUT2D eigenvalue weighted by Crippen LogP contribution is 2.43. The third-order valence-electron chi connectivity index (χ3n) is 6.04. The Balaban J connectivity index is 2.23. The molecule has 3 aromatic carbocycles. The van der Waals surface area contributed by atoms with Crippen molar-refractivity contribution in [2.45, 2.75) is 58.3 Å². The zero-order valence-corrected chi connectivity index (χ0v) is 22.2. The van der Waals surface area contributed by atoms with E-state index in [-0.39, 0.29) is 11.5 Å². The van der Waals surface area contributed by atoms with Crippen molar-refractivity contribution in [1.82, 2.24) is 0 Å². The Labute approximate surface area is 217 Å². The molecular weight excluding hydrogens is 478 g/mol. The smallest absolute Gasteiger partial charge is 0.343 e. The molecule has 0 bridgehead atoms. The van der Waals surface area contributed by atoms with Crippen LogP contribution in [0, 0.1) is 10.1 Å². The molecular formula is C29H32ClNO5. The molecule has 0 aliphatic carbocycles. The van der Waals surface area contributed by atoms with Crippen molar-refractivity contribution in [3.63, 3.8) is 0 Å². The Kier molecular flexibility index (Phi) is 7.79. The highest BCUT2D eigenvalue weighted by molar-refractivity contribution is 6.30. The molecule has 0 aliphatic rings. The van der Waals surface area contributed by atoms with Gasteiger partial charge < -0.3 is 9.84 Å². The maximum Gasteiger partial charge on any atom is 0.343 e. The second-order valence-electron chi connectivity index (χ2n) is 11.0. The molecule has 0 spiro atoms. The first-order valence-corrected chi connectivity index (χ1v) is 12.1. The SMILES string of the molecule is CC(C)(C)c1cc([C@H](C[N+](=O)[O-])c2cc(Cl)ccc2OC(=O)c2ccccc2)cc(C(C)(C)C)c1O. The van der Waals surface area contributed by atoms with Gasteiger partial charge in [-0.15, -0.1) is 0 Å². The maximum atomic E-state index is 12.8. The number of hydrogen-bond donors (Lipinski definition) is 1. The van der Waals surface area contributed by atoms with Gasteiger partial charge >= 0.3 is 5.97 Å². The number of phenols is 1. The zero-order valence-electron chi connectivity index (χ0n) is 21.5. The number of aromatic hydroxyl groups is 1. The summed E-state index contributed by atoms with van der Waals surface area (Å²) in [5, 5.41) is 23.3. The number of phenolic OH excluding ortho intramolecular Hbond substituents is 1. The first kappa shape index (κ1) is 27.2. The molecule has 1 atom stereocenters. The van der Waals surface area contributed by atoms with Crippen LogP contribution < -0.4 is 4.74 Å². The Bertz CT molecular complexity index is 1240. The lowest BCUT2D eigenvalue weighted by atomic mass is 9.76.